The van der Waals surface area contributed by atoms with Crippen LogP contribution in [0.1, 0.15) is 51.9 Å². The number of rotatable bonds is 2. The first-order chi connectivity index (χ1) is 7.72. The molecule has 1 unspecified atom stereocenters. The smallest absolute Gasteiger partial charge is 0.222 e. The molecule has 1 saturated carbocycles. The zero-order valence-electron chi connectivity index (χ0n) is 10.2. The summed E-state index contributed by atoms with van der Waals surface area (Å²) in [6, 6.07) is 0.114. The third-order valence-electron chi connectivity index (χ3n) is 4.29. The second-order valence-electron chi connectivity index (χ2n) is 5.25. The van der Waals surface area contributed by atoms with Gasteiger partial charge in [0, 0.05) is 13.0 Å². The van der Waals surface area contributed by atoms with Crippen LogP contribution in [0.15, 0.2) is 0 Å². The zero-order valence-corrected chi connectivity index (χ0v) is 10.2. The highest BCUT2D eigenvalue weighted by Gasteiger charge is 2.34. The third-order valence-corrected chi connectivity index (χ3v) is 4.29. The van der Waals surface area contributed by atoms with Gasteiger partial charge in [-0.1, -0.05) is 13.3 Å². The monoisotopic (exact) mass is 225 g/mol. The average molecular weight is 225 g/mol. The zero-order chi connectivity index (χ0) is 11.5. The molecule has 92 valence electrons. The number of aliphatic hydroxyl groups excluding tert-OH is 1. The quantitative estimate of drug-likeness (QED) is 0.780. The SMILES string of the molecule is CCC1CCC(=O)N([C@H]2CCC[C@@H]2O)CC1. The predicted octanol–water partition coefficient (Wildman–Crippen LogP) is 1.94. The molecular weight excluding hydrogens is 202 g/mol. The van der Waals surface area contributed by atoms with E-state index < -0.39 is 0 Å². The van der Waals surface area contributed by atoms with Gasteiger partial charge in [-0.2, -0.15) is 0 Å². The number of carbonyl (C=O) groups is 1. The molecule has 16 heavy (non-hydrogen) atoms. The summed E-state index contributed by atoms with van der Waals surface area (Å²) < 4.78 is 0. The number of hydrogen-bond donors (Lipinski definition) is 1. The Balaban J connectivity index is 2.00. The van der Waals surface area contributed by atoms with Gasteiger partial charge in [0.25, 0.3) is 0 Å². The van der Waals surface area contributed by atoms with Crippen LogP contribution in [0.3, 0.4) is 0 Å². The van der Waals surface area contributed by atoms with Gasteiger partial charge in [0.05, 0.1) is 12.1 Å². The lowest BCUT2D eigenvalue weighted by atomic mass is 9.98. The molecule has 1 aliphatic heterocycles. The lowest BCUT2D eigenvalue weighted by Crippen LogP contribution is -2.44. The standard InChI is InChI=1S/C13H23NO2/c1-2-10-6-7-13(16)14(9-8-10)11-4-3-5-12(11)15/h10-12,15H,2-9H2,1H3/t10?,11-,12-/m0/s1. The molecule has 3 atom stereocenters. The molecule has 1 heterocycles. The van der Waals surface area contributed by atoms with Gasteiger partial charge in [-0.15, -0.1) is 0 Å². The fourth-order valence-corrected chi connectivity index (χ4v) is 3.11. The van der Waals surface area contributed by atoms with E-state index in [0.717, 1.165) is 38.6 Å². The fraction of sp³-hybridized carbons (Fsp3) is 0.923. The van der Waals surface area contributed by atoms with E-state index in [4.69, 9.17) is 0 Å². The van der Waals surface area contributed by atoms with E-state index in [1.54, 1.807) is 0 Å². The highest BCUT2D eigenvalue weighted by atomic mass is 16.3. The molecule has 2 rings (SSSR count). The number of hydrogen-bond acceptors (Lipinski definition) is 2. The van der Waals surface area contributed by atoms with Gasteiger partial charge >= 0.3 is 0 Å². The minimum absolute atomic E-state index is 0.114. The number of nitrogens with zero attached hydrogens (tertiary/aromatic N) is 1. The molecular formula is C13H23NO2. The van der Waals surface area contributed by atoms with Gasteiger partial charge in [0.1, 0.15) is 0 Å². The first-order valence-corrected chi connectivity index (χ1v) is 6.70. The van der Waals surface area contributed by atoms with Gasteiger partial charge in [0.15, 0.2) is 0 Å². The topological polar surface area (TPSA) is 40.5 Å². The van der Waals surface area contributed by atoms with Crippen molar-refractivity contribution in [2.24, 2.45) is 5.92 Å². The molecule has 1 amide bonds. The van der Waals surface area contributed by atoms with E-state index in [2.05, 4.69) is 6.92 Å². The van der Waals surface area contributed by atoms with Crippen molar-refractivity contribution >= 4 is 5.91 Å². The maximum absolute atomic E-state index is 12.0. The van der Waals surface area contributed by atoms with Crippen LogP contribution in [0.5, 0.6) is 0 Å². The summed E-state index contributed by atoms with van der Waals surface area (Å²) >= 11 is 0. The molecule has 0 aromatic carbocycles. The van der Waals surface area contributed by atoms with Crippen LogP contribution in [0.2, 0.25) is 0 Å². The normalized spacial score (nSPS) is 36.5. The van der Waals surface area contributed by atoms with Crippen molar-refractivity contribution in [3.63, 3.8) is 0 Å². The van der Waals surface area contributed by atoms with Gasteiger partial charge in [0.2, 0.25) is 5.91 Å². The first-order valence-electron chi connectivity index (χ1n) is 6.70. The average Bonchev–Trinajstić information content (AvgIpc) is 2.60. The van der Waals surface area contributed by atoms with E-state index in [-0.39, 0.29) is 18.1 Å². The van der Waals surface area contributed by atoms with Crippen molar-refractivity contribution in [2.45, 2.75) is 64.0 Å². The summed E-state index contributed by atoms with van der Waals surface area (Å²) in [6.07, 6.45) is 6.65. The number of likely N-dealkylation sites (tertiary alicyclic amines) is 1. The molecule has 2 fully saturated rings. The highest BCUT2D eigenvalue weighted by Crippen LogP contribution is 2.29. The van der Waals surface area contributed by atoms with E-state index in [9.17, 15) is 9.90 Å². The van der Waals surface area contributed by atoms with Crippen molar-refractivity contribution in [1.82, 2.24) is 4.90 Å². The van der Waals surface area contributed by atoms with Crippen LogP contribution < -0.4 is 0 Å². The molecule has 0 aromatic heterocycles. The van der Waals surface area contributed by atoms with Crippen LogP contribution in [-0.2, 0) is 4.79 Å². The molecule has 2 aliphatic rings. The highest BCUT2D eigenvalue weighted by molar-refractivity contribution is 5.76. The predicted molar refractivity (Wildman–Crippen MR) is 63.0 cm³/mol. The summed E-state index contributed by atoms with van der Waals surface area (Å²) in [5, 5.41) is 9.88. The molecule has 0 spiro atoms. The van der Waals surface area contributed by atoms with Crippen LogP contribution in [-0.4, -0.2) is 34.6 Å². The fourth-order valence-electron chi connectivity index (χ4n) is 3.11. The van der Waals surface area contributed by atoms with E-state index in [1.807, 2.05) is 4.90 Å². The van der Waals surface area contributed by atoms with Crippen molar-refractivity contribution in [1.29, 1.82) is 0 Å². The van der Waals surface area contributed by atoms with E-state index >= 15 is 0 Å². The van der Waals surface area contributed by atoms with Crippen molar-refractivity contribution in [3.05, 3.63) is 0 Å². The van der Waals surface area contributed by atoms with E-state index in [1.165, 1.54) is 6.42 Å². The third kappa shape index (κ3) is 2.40. The lowest BCUT2D eigenvalue weighted by molar-refractivity contribution is -0.134. The number of aliphatic hydroxyl groups is 1. The summed E-state index contributed by atoms with van der Waals surface area (Å²) in [6.45, 7) is 3.06. The van der Waals surface area contributed by atoms with Crippen LogP contribution >= 0.6 is 0 Å². The van der Waals surface area contributed by atoms with Crippen molar-refractivity contribution in [3.8, 4) is 0 Å². The summed E-state index contributed by atoms with van der Waals surface area (Å²) in [7, 11) is 0. The van der Waals surface area contributed by atoms with Crippen molar-refractivity contribution in [2.75, 3.05) is 6.54 Å². The minimum atomic E-state index is -0.276. The maximum Gasteiger partial charge on any atom is 0.222 e. The summed E-state index contributed by atoms with van der Waals surface area (Å²) in [5.41, 5.74) is 0. The molecule has 3 nitrogen and oxygen atoms in total. The lowest BCUT2D eigenvalue weighted by Gasteiger charge is -2.30. The molecule has 0 radical (unpaired) electrons. The molecule has 3 heteroatoms. The van der Waals surface area contributed by atoms with Gasteiger partial charge in [-0.25, -0.2) is 0 Å². The van der Waals surface area contributed by atoms with Gasteiger partial charge < -0.3 is 10.0 Å². The summed E-state index contributed by atoms with van der Waals surface area (Å²) in [5.74, 6) is 0.967. The molecule has 1 saturated heterocycles. The first kappa shape index (κ1) is 11.9. The largest absolute Gasteiger partial charge is 0.391 e. The Morgan fingerprint density at radius 3 is 2.75 bits per heavy atom. The molecule has 0 bridgehead atoms. The van der Waals surface area contributed by atoms with Crippen LogP contribution in [0.25, 0.3) is 0 Å². The molecule has 1 N–H and O–H groups in total. The number of carbonyl (C=O) groups excluding carboxylic acids is 1. The molecule has 1 aliphatic carbocycles. The number of amides is 1. The van der Waals surface area contributed by atoms with Crippen LogP contribution in [0.4, 0.5) is 0 Å². The van der Waals surface area contributed by atoms with E-state index in [0.29, 0.717) is 12.3 Å². The Labute approximate surface area is 97.8 Å². The summed E-state index contributed by atoms with van der Waals surface area (Å²) in [4.78, 5) is 14.0. The van der Waals surface area contributed by atoms with Gasteiger partial charge in [-0.3, -0.25) is 4.79 Å². The Morgan fingerprint density at radius 1 is 1.31 bits per heavy atom. The van der Waals surface area contributed by atoms with Crippen molar-refractivity contribution < 1.29 is 9.90 Å². The Hall–Kier alpha value is -0.570. The second-order valence-corrected chi connectivity index (χ2v) is 5.25. The Kier molecular flexibility index (Phi) is 3.85. The molecule has 0 aromatic rings. The minimum Gasteiger partial charge on any atom is -0.391 e. The second kappa shape index (κ2) is 5.17. The van der Waals surface area contributed by atoms with Gasteiger partial charge in [-0.05, 0) is 38.0 Å². The van der Waals surface area contributed by atoms with Crippen LogP contribution in [0, 0.1) is 5.92 Å². The Bertz CT molecular complexity index is 254. The maximum atomic E-state index is 12.0. The Morgan fingerprint density at radius 2 is 2.12 bits per heavy atom.